The van der Waals surface area contributed by atoms with E-state index < -0.39 is 0 Å². The highest BCUT2D eigenvalue weighted by molar-refractivity contribution is 5.19. The average Bonchev–Trinajstić information content (AvgIpc) is 2.88. The molecular formula is C16H26N2. The van der Waals surface area contributed by atoms with Gasteiger partial charge in [-0.3, -0.25) is 0 Å². The molecule has 0 spiro atoms. The predicted molar refractivity (Wildman–Crippen MR) is 77.7 cm³/mol. The van der Waals surface area contributed by atoms with E-state index in [0.717, 1.165) is 12.5 Å². The third-order valence-corrected chi connectivity index (χ3v) is 3.68. The van der Waals surface area contributed by atoms with Gasteiger partial charge in [0.2, 0.25) is 0 Å². The zero-order chi connectivity index (χ0) is 12.8. The lowest BCUT2D eigenvalue weighted by molar-refractivity contribution is 0.406. The molecule has 0 aliphatic carbocycles. The molecule has 2 unspecified atom stereocenters. The van der Waals surface area contributed by atoms with Crippen LogP contribution in [0, 0.1) is 5.92 Å². The van der Waals surface area contributed by atoms with Crippen molar-refractivity contribution in [3.8, 4) is 0 Å². The van der Waals surface area contributed by atoms with Crippen molar-refractivity contribution < 1.29 is 0 Å². The van der Waals surface area contributed by atoms with Crippen LogP contribution < -0.4 is 10.6 Å². The van der Waals surface area contributed by atoms with Crippen molar-refractivity contribution in [2.24, 2.45) is 5.92 Å². The Bertz CT molecular complexity index is 328. The van der Waals surface area contributed by atoms with Gasteiger partial charge in [-0.15, -0.1) is 0 Å². The number of hydrogen-bond acceptors (Lipinski definition) is 2. The lowest BCUT2D eigenvalue weighted by atomic mass is 9.97. The minimum atomic E-state index is 0.494. The number of hydrogen-bond donors (Lipinski definition) is 2. The number of nitrogens with one attached hydrogen (secondary N) is 2. The Morgan fingerprint density at radius 3 is 2.67 bits per heavy atom. The van der Waals surface area contributed by atoms with Crippen LogP contribution in [0.4, 0.5) is 0 Å². The molecule has 0 bridgehead atoms. The van der Waals surface area contributed by atoms with Crippen molar-refractivity contribution in [1.82, 2.24) is 10.6 Å². The average molecular weight is 246 g/mol. The molecule has 2 rings (SSSR count). The first-order chi connectivity index (χ1) is 8.75. The second-order valence-electron chi connectivity index (χ2n) is 5.79. The lowest BCUT2D eigenvalue weighted by Gasteiger charge is -2.23. The van der Waals surface area contributed by atoms with E-state index in [4.69, 9.17) is 0 Å². The van der Waals surface area contributed by atoms with Gasteiger partial charge in [0.25, 0.3) is 0 Å². The Hall–Kier alpha value is -0.860. The normalized spacial score (nSPS) is 21.4. The van der Waals surface area contributed by atoms with Gasteiger partial charge in [-0.2, -0.15) is 0 Å². The fraction of sp³-hybridized carbons (Fsp3) is 0.625. The molecule has 18 heavy (non-hydrogen) atoms. The molecular weight excluding hydrogens is 220 g/mol. The zero-order valence-corrected chi connectivity index (χ0v) is 11.7. The molecule has 100 valence electrons. The lowest BCUT2D eigenvalue weighted by Crippen LogP contribution is -2.36. The molecule has 1 saturated heterocycles. The summed E-state index contributed by atoms with van der Waals surface area (Å²) >= 11 is 0. The van der Waals surface area contributed by atoms with Crippen molar-refractivity contribution in [2.75, 3.05) is 13.1 Å². The molecule has 1 heterocycles. The molecule has 1 aromatic carbocycles. The summed E-state index contributed by atoms with van der Waals surface area (Å²) < 4.78 is 0. The molecule has 1 aliphatic heterocycles. The molecule has 2 atom stereocenters. The van der Waals surface area contributed by atoms with Crippen LogP contribution in [-0.4, -0.2) is 19.1 Å². The first-order valence-electron chi connectivity index (χ1n) is 7.27. The van der Waals surface area contributed by atoms with Crippen LogP contribution >= 0.6 is 0 Å². The third-order valence-electron chi connectivity index (χ3n) is 3.68. The summed E-state index contributed by atoms with van der Waals surface area (Å²) in [6, 6.07) is 12.0. The van der Waals surface area contributed by atoms with E-state index in [-0.39, 0.29) is 0 Å². The molecule has 1 aliphatic rings. The summed E-state index contributed by atoms with van der Waals surface area (Å²) in [5.74, 6) is 0.722. The minimum Gasteiger partial charge on any atom is -0.313 e. The maximum absolute atomic E-state index is 3.75. The second kappa shape index (κ2) is 6.91. The van der Waals surface area contributed by atoms with Gasteiger partial charge in [0.05, 0.1) is 0 Å². The Labute approximate surface area is 111 Å². The summed E-state index contributed by atoms with van der Waals surface area (Å²) in [6.07, 6.45) is 3.85. The van der Waals surface area contributed by atoms with Gasteiger partial charge < -0.3 is 10.6 Å². The smallest absolute Gasteiger partial charge is 0.0323 e. The van der Waals surface area contributed by atoms with E-state index in [1.54, 1.807) is 0 Å². The zero-order valence-electron chi connectivity index (χ0n) is 11.7. The van der Waals surface area contributed by atoms with Gasteiger partial charge in [-0.05, 0) is 37.3 Å². The highest BCUT2D eigenvalue weighted by atomic mass is 15.0. The number of benzene rings is 1. The second-order valence-corrected chi connectivity index (χ2v) is 5.79. The van der Waals surface area contributed by atoms with E-state index in [1.807, 2.05) is 0 Å². The largest absolute Gasteiger partial charge is 0.313 e. The molecule has 0 aromatic heterocycles. The van der Waals surface area contributed by atoms with E-state index in [9.17, 15) is 0 Å². The van der Waals surface area contributed by atoms with Crippen LogP contribution in [0.1, 0.15) is 44.7 Å². The van der Waals surface area contributed by atoms with Crippen LogP contribution in [0.25, 0.3) is 0 Å². The maximum atomic E-state index is 3.75. The Morgan fingerprint density at radius 1 is 1.28 bits per heavy atom. The highest BCUT2D eigenvalue weighted by Gasteiger charge is 2.17. The van der Waals surface area contributed by atoms with Crippen molar-refractivity contribution in [3.05, 3.63) is 35.9 Å². The predicted octanol–water partition coefficient (Wildman–Crippen LogP) is 3.12. The quantitative estimate of drug-likeness (QED) is 0.806. The highest BCUT2D eigenvalue weighted by Crippen LogP contribution is 2.21. The summed E-state index contributed by atoms with van der Waals surface area (Å²) in [7, 11) is 0. The Balaban J connectivity index is 1.92. The summed E-state index contributed by atoms with van der Waals surface area (Å²) in [5, 5.41) is 7.30. The fourth-order valence-corrected chi connectivity index (χ4v) is 2.71. The molecule has 1 aromatic rings. The molecule has 0 amide bonds. The van der Waals surface area contributed by atoms with Crippen LogP contribution in [0.15, 0.2) is 30.3 Å². The van der Waals surface area contributed by atoms with Crippen molar-refractivity contribution >= 4 is 0 Å². The maximum Gasteiger partial charge on any atom is 0.0323 e. The Morgan fingerprint density at radius 2 is 2.06 bits per heavy atom. The third kappa shape index (κ3) is 4.11. The Kier molecular flexibility index (Phi) is 5.21. The van der Waals surface area contributed by atoms with Gasteiger partial charge in [-0.25, -0.2) is 0 Å². The number of rotatable bonds is 6. The van der Waals surface area contributed by atoms with E-state index in [1.165, 1.54) is 31.4 Å². The summed E-state index contributed by atoms with van der Waals surface area (Å²) in [6.45, 7) is 6.87. The van der Waals surface area contributed by atoms with Crippen molar-refractivity contribution in [2.45, 2.75) is 45.2 Å². The molecule has 2 nitrogen and oxygen atoms in total. The van der Waals surface area contributed by atoms with Gasteiger partial charge >= 0.3 is 0 Å². The van der Waals surface area contributed by atoms with Gasteiger partial charge in [0.15, 0.2) is 0 Å². The standard InChI is InChI=1S/C16H26N2/c1-13(2)11-16(14-7-4-3-5-8-14)18-12-15-9-6-10-17-15/h3-5,7-8,13,15-18H,6,9-12H2,1-2H3. The van der Waals surface area contributed by atoms with Crippen LogP contribution in [-0.2, 0) is 0 Å². The molecule has 0 saturated carbocycles. The van der Waals surface area contributed by atoms with Crippen molar-refractivity contribution in [1.29, 1.82) is 0 Å². The van der Waals surface area contributed by atoms with E-state index in [0.29, 0.717) is 12.1 Å². The van der Waals surface area contributed by atoms with E-state index >= 15 is 0 Å². The summed E-state index contributed by atoms with van der Waals surface area (Å²) in [4.78, 5) is 0. The minimum absolute atomic E-state index is 0.494. The fourth-order valence-electron chi connectivity index (χ4n) is 2.71. The SMILES string of the molecule is CC(C)CC(NCC1CCCN1)c1ccccc1. The summed E-state index contributed by atoms with van der Waals surface area (Å²) in [5.41, 5.74) is 1.42. The molecule has 1 fully saturated rings. The van der Waals surface area contributed by atoms with Gasteiger partial charge in [0.1, 0.15) is 0 Å². The van der Waals surface area contributed by atoms with E-state index in [2.05, 4.69) is 54.8 Å². The van der Waals surface area contributed by atoms with Crippen LogP contribution in [0.5, 0.6) is 0 Å². The molecule has 2 heteroatoms. The van der Waals surface area contributed by atoms with Crippen molar-refractivity contribution in [3.63, 3.8) is 0 Å². The molecule has 0 radical (unpaired) electrons. The molecule has 2 N–H and O–H groups in total. The topological polar surface area (TPSA) is 24.1 Å². The van der Waals surface area contributed by atoms with Gasteiger partial charge in [-0.1, -0.05) is 44.2 Å². The first-order valence-corrected chi connectivity index (χ1v) is 7.27. The monoisotopic (exact) mass is 246 g/mol. The van der Waals surface area contributed by atoms with Crippen LogP contribution in [0.2, 0.25) is 0 Å². The van der Waals surface area contributed by atoms with Gasteiger partial charge in [0, 0.05) is 18.6 Å². The van der Waals surface area contributed by atoms with Crippen LogP contribution in [0.3, 0.4) is 0 Å². The first kappa shape index (κ1) is 13.6.